The third-order valence-corrected chi connectivity index (χ3v) is 4.27. The van der Waals surface area contributed by atoms with E-state index in [4.69, 9.17) is 10.5 Å². The molecule has 0 saturated carbocycles. The van der Waals surface area contributed by atoms with Crippen molar-refractivity contribution in [3.05, 3.63) is 65.7 Å². The molecule has 0 unspecified atom stereocenters. The maximum atomic E-state index is 12.7. The van der Waals surface area contributed by atoms with Crippen molar-refractivity contribution < 1.29 is 9.53 Å². The van der Waals surface area contributed by atoms with Gasteiger partial charge < -0.3 is 15.4 Å². The van der Waals surface area contributed by atoms with E-state index in [9.17, 15) is 4.79 Å². The fourth-order valence-corrected chi connectivity index (χ4v) is 3.12. The van der Waals surface area contributed by atoms with Crippen LogP contribution in [0.1, 0.15) is 28.8 Å². The van der Waals surface area contributed by atoms with Crippen LogP contribution in [0.3, 0.4) is 0 Å². The van der Waals surface area contributed by atoms with E-state index in [1.54, 1.807) is 6.07 Å². The van der Waals surface area contributed by atoms with Crippen molar-refractivity contribution in [2.45, 2.75) is 18.9 Å². The fourth-order valence-electron chi connectivity index (χ4n) is 3.12. The number of carbonyl (C=O) groups is 1. The van der Waals surface area contributed by atoms with E-state index in [-0.39, 0.29) is 30.3 Å². The number of rotatable bonds is 4. The van der Waals surface area contributed by atoms with Gasteiger partial charge in [0, 0.05) is 30.6 Å². The lowest BCUT2D eigenvalue weighted by Crippen LogP contribution is -2.32. The van der Waals surface area contributed by atoms with E-state index in [2.05, 4.69) is 12.1 Å². The Hall–Kier alpha value is -2.04. The quantitative estimate of drug-likeness (QED) is 0.925. The van der Waals surface area contributed by atoms with Crippen LogP contribution < -0.4 is 10.5 Å². The molecule has 0 aromatic heterocycles. The maximum Gasteiger partial charge on any atom is 0.254 e. The molecule has 0 spiro atoms. The molecule has 2 N–H and O–H groups in total. The molecule has 5 heteroatoms. The zero-order valence-electron chi connectivity index (χ0n) is 13.7. The molecule has 2 aromatic rings. The minimum atomic E-state index is -0.0311. The van der Waals surface area contributed by atoms with Crippen molar-refractivity contribution in [1.29, 1.82) is 0 Å². The minimum absolute atomic E-state index is 0. The van der Waals surface area contributed by atoms with Gasteiger partial charge in [-0.1, -0.05) is 36.4 Å². The predicted molar refractivity (Wildman–Crippen MR) is 97.9 cm³/mol. The molecule has 2 aromatic carbocycles. The van der Waals surface area contributed by atoms with Crippen molar-refractivity contribution in [3.8, 4) is 5.75 Å². The minimum Gasteiger partial charge on any atom is -0.494 e. The molecule has 1 aliphatic rings. The second-order valence-electron chi connectivity index (χ2n) is 5.85. The summed E-state index contributed by atoms with van der Waals surface area (Å²) < 4.78 is 5.48. The Balaban J connectivity index is 0.00000208. The molecule has 0 aliphatic carbocycles. The molecule has 1 saturated heterocycles. The summed E-state index contributed by atoms with van der Waals surface area (Å²) in [4.78, 5) is 14.6. The highest BCUT2D eigenvalue weighted by atomic mass is 35.5. The van der Waals surface area contributed by atoms with Gasteiger partial charge in [-0.05, 0) is 30.7 Å². The number of hydrogen-bond donors (Lipinski definition) is 1. The zero-order chi connectivity index (χ0) is 16.2. The summed E-state index contributed by atoms with van der Waals surface area (Å²) in [6.07, 6.45) is 0. The number of hydrogen-bond acceptors (Lipinski definition) is 3. The van der Waals surface area contributed by atoms with E-state index in [1.165, 1.54) is 5.56 Å². The normalized spacial score (nSPS) is 19.7. The Labute approximate surface area is 149 Å². The van der Waals surface area contributed by atoms with Crippen molar-refractivity contribution >= 4 is 18.3 Å². The fraction of sp³-hybridized carbons (Fsp3) is 0.316. The Bertz CT molecular complexity index is 678. The molecule has 1 heterocycles. The summed E-state index contributed by atoms with van der Waals surface area (Å²) in [5.74, 6) is 0.928. The summed E-state index contributed by atoms with van der Waals surface area (Å²) in [5, 5.41) is 0. The van der Waals surface area contributed by atoms with Gasteiger partial charge in [-0.3, -0.25) is 4.79 Å². The number of carbonyl (C=O) groups excluding carboxylic acids is 1. The van der Waals surface area contributed by atoms with Crippen LogP contribution in [0.5, 0.6) is 5.75 Å². The Morgan fingerprint density at radius 2 is 1.92 bits per heavy atom. The third-order valence-electron chi connectivity index (χ3n) is 4.27. The molecule has 0 bridgehead atoms. The van der Waals surface area contributed by atoms with Crippen LogP contribution in [0.15, 0.2) is 54.6 Å². The maximum absolute atomic E-state index is 12.7. The largest absolute Gasteiger partial charge is 0.494 e. The van der Waals surface area contributed by atoms with E-state index in [0.29, 0.717) is 25.3 Å². The van der Waals surface area contributed by atoms with E-state index >= 15 is 0 Å². The number of nitrogens with zero attached hydrogens (tertiary/aromatic N) is 1. The van der Waals surface area contributed by atoms with Crippen molar-refractivity contribution in [1.82, 2.24) is 4.90 Å². The molecule has 1 amide bonds. The monoisotopic (exact) mass is 346 g/mol. The van der Waals surface area contributed by atoms with Crippen LogP contribution in [0, 0.1) is 0 Å². The predicted octanol–water partition coefficient (Wildman–Crippen LogP) is 3.07. The second kappa shape index (κ2) is 8.18. The first-order valence-electron chi connectivity index (χ1n) is 8.01. The SMILES string of the molecule is CCOc1cccc(C(=O)N2C[C@@H](N)[C@H](c3ccccc3)C2)c1.Cl. The van der Waals surface area contributed by atoms with Crippen LogP contribution in [-0.2, 0) is 0 Å². The summed E-state index contributed by atoms with van der Waals surface area (Å²) >= 11 is 0. The highest BCUT2D eigenvalue weighted by Crippen LogP contribution is 2.27. The summed E-state index contributed by atoms with van der Waals surface area (Å²) in [5.41, 5.74) is 8.12. The second-order valence-corrected chi connectivity index (χ2v) is 5.85. The average molecular weight is 347 g/mol. The van der Waals surface area contributed by atoms with Crippen LogP contribution in [0.25, 0.3) is 0 Å². The van der Waals surface area contributed by atoms with Gasteiger partial charge in [0.1, 0.15) is 5.75 Å². The summed E-state index contributed by atoms with van der Waals surface area (Å²) in [6, 6.07) is 17.5. The first-order valence-corrected chi connectivity index (χ1v) is 8.01. The molecule has 1 fully saturated rings. The summed E-state index contributed by atoms with van der Waals surface area (Å²) in [6.45, 7) is 3.75. The number of halogens is 1. The van der Waals surface area contributed by atoms with Crippen molar-refractivity contribution in [2.75, 3.05) is 19.7 Å². The third kappa shape index (κ3) is 3.89. The van der Waals surface area contributed by atoms with Crippen LogP contribution >= 0.6 is 12.4 Å². The summed E-state index contributed by atoms with van der Waals surface area (Å²) in [7, 11) is 0. The first-order chi connectivity index (χ1) is 11.2. The van der Waals surface area contributed by atoms with Gasteiger partial charge in [0.05, 0.1) is 6.61 Å². The Morgan fingerprint density at radius 3 is 2.62 bits per heavy atom. The lowest BCUT2D eigenvalue weighted by molar-refractivity contribution is 0.0788. The van der Waals surface area contributed by atoms with Crippen molar-refractivity contribution in [2.24, 2.45) is 5.73 Å². The number of nitrogens with two attached hydrogens (primary N) is 1. The van der Waals surface area contributed by atoms with Gasteiger partial charge in [-0.2, -0.15) is 0 Å². The molecule has 24 heavy (non-hydrogen) atoms. The van der Waals surface area contributed by atoms with Gasteiger partial charge in [0.2, 0.25) is 0 Å². The highest BCUT2D eigenvalue weighted by molar-refractivity contribution is 5.95. The van der Waals surface area contributed by atoms with Gasteiger partial charge in [0.25, 0.3) is 5.91 Å². The van der Waals surface area contributed by atoms with Gasteiger partial charge in [-0.15, -0.1) is 12.4 Å². The lowest BCUT2D eigenvalue weighted by Gasteiger charge is -2.17. The number of amides is 1. The Kier molecular flexibility index (Phi) is 6.23. The van der Waals surface area contributed by atoms with Gasteiger partial charge in [-0.25, -0.2) is 0 Å². The molecule has 1 aliphatic heterocycles. The van der Waals surface area contributed by atoms with E-state index in [1.807, 2.05) is 48.2 Å². The number of likely N-dealkylation sites (tertiary alicyclic amines) is 1. The zero-order valence-corrected chi connectivity index (χ0v) is 14.5. The topological polar surface area (TPSA) is 55.6 Å². The van der Waals surface area contributed by atoms with Gasteiger partial charge >= 0.3 is 0 Å². The molecule has 4 nitrogen and oxygen atoms in total. The molecular formula is C19H23ClN2O2. The van der Waals surface area contributed by atoms with E-state index in [0.717, 1.165) is 5.75 Å². The molecular weight excluding hydrogens is 324 g/mol. The van der Waals surface area contributed by atoms with Crippen LogP contribution in [0.2, 0.25) is 0 Å². The highest BCUT2D eigenvalue weighted by Gasteiger charge is 2.34. The van der Waals surface area contributed by atoms with Crippen LogP contribution in [-0.4, -0.2) is 36.5 Å². The number of ether oxygens (including phenoxy) is 1. The lowest BCUT2D eigenvalue weighted by atomic mass is 9.95. The smallest absolute Gasteiger partial charge is 0.254 e. The molecule has 128 valence electrons. The van der Waals surface area contributed by atoms with E-state index < -0.39 is 0 Å². The standard InChI is InChI=1S/C19H22N2O2.ClH/c1-2-23-16-10-6-9-15(11-16)19(22)21-12-17(18(20)13-21)14-7-4-3-5-8-14;/h3-11,17-18H,2,12-13,20H2,1H3;1H/t17-,18+;/m0./s1. The first kappa shape index (κ1) is 18.3. The van der Waals surface area contributed by atoms with Crippen molar-refractivity contribution in [3.63, 3.8) is 0 Å². The Morgan fingerprint density at radius 1 is 1.17 bits per heavy atom. The number of benzene rings is 2. The molecule has 3 rings (SSSR count). The average Bonchev–Trinajstić information content (AvgIpc) is 2.97. The van der Waals surface area contributed by atoms with Gasteiger partial charge in [0.15, 0.2) is 0 Å². The molecule has 2 atom stereocenters. The van der Waals surface area contributed by atoms with Crippen LogP contribution in [0.4, 0.5) is 0 Å². The molecule has 0 radical (unpaired) electrons.